The van der Waals surface area contributed by atoms with Crippen LogP contribution in [0.3, 0.4) is 0 Å². The number of nitrogens with zero attached hydrogens (tertiary/aromatic N) is 2. The van der Waals surface area contributed by atoms with Crippen LogP contribution in [0.25, 0.3) is 0 Å². The van der Waals surface area contributed by atoms with E-state index in [1.807, 2.05) is 19.2 Å². The standard InChI is InChI=1S/C14H21N3O/c1-10(15)11-5-6-16-14(9-11)17-7-8-18-13-4-2-3-12(13)17/h5-6,9-10,12-13H,2-4,7-8,15H2,1H3/t10-,12?,13?/m0/s1. The lowest BCUT2D eigenvalue weighted by molar-refractivity contribution is 0.0253. The normalized spacial score (nSPS) is 29.1. The number of fused-ring (bicyclic) bond motifs is 1. The van der Waals surface area contributed by atoms with Crippen LogP contribution < -0.4 is 10.6 Å². The molecule has 1 aromatic rings. The van der Waals surface area contributed by atoms with Gasteiger partial charge in [0.25, 0.3) is 0 Å². The van der Waals surface area contributed by atoms with Gasteiger partial charge in [0.1, 0.15) is 5.82 Å². The van der Waals surface area contributed by atoms with Gasteiger partial charge in [0, 0.05) is 18.8 Å². The van der Waals surface area contributed by atoms with Crippen LogP contribution in [0.4, 0.5) is 5.82 Å². The number of aromatic nitrogens is 1. The number of hydrogen-bond acceptors (Lipinski definition) is 4. The van der Waals surface area contributed by atoms with Gasteiger partial charge in [0.15, 0.2) is 0 Å². The second-order valence-electron chi connectivity index (χ2n) is 5.34. The molecule has 2 unspecified atom stereocenters. The molecule has 2 aliphatic rings. The molecule has 0 amide bonds. The minimum Gasteiger partial charge on any atom is -0.374 e. The first-order chi connectivity index (χ1) is 8.75. The van der Waals surface area contributed by atoms with E-state index in [4.69, 9.17) is 10.5 Å². The van der Waals surface area contributed by atoms with E-state index in [1.165, 1.54) is 19.3 Å². The SMILES string of the molecule is C[C@H](N)c1ccnc(N2CCOC3CCCC32)c1. The molecule has 0 bridgehead atoms. The topological polar surface area (TPSA) is 51.4 Å². The first kappa shape index (κ1) is 11.9. The molecule has 1 saturated heterocycles. The molecule has 2 heterocycles. The van der Waals surface area contributed by atoms with Gasteiger partial charge >= 0.3 is 0 Å². The molecule has 0 aromatic carbocycles. The fraction of sp³-hybridized carbons (Fsp3) is 0.643. The Hall–Kier alpha value is -1.13. The molecule has 18 heavy (non-hydrogen) atoms. The molecule has 4 nitrogen and oxygen atoms in total. The van der Waals surface area contributed by atoms with E-state index < -0.39 is 0 Å². The second kappa shape index (κ2) is 4.86. The van der Waals surface area contributed by atoms with E-state index in [0.29, 0.717) is 12.1 Å². The van der Waals surface area contributed by atoms with Gasteiger partial charge < -0.3 is 15.4 Å². The molecule has 1 aromatic heterocycles. The highest BCUT2D eigenvalue weighted by Gasteiger charge is 2.36. The smallest absolute Gasteiger partial charge is 0.129 e. The number of anilines is 1. The van der Waals surface area contributed by atoms with E-state index in [9.17, 15) is 0 Å². The van der Waals surface area contributed by atoms with E-state index in [1.54, 1.807) is 0 Å². The van der Waals surface area contributed by atoms with Crippen LogP contribution in [0.1, 0.15) is 37.8 Å². The Morgan fingerprint density at radius 3 is 3.22 bits per heavy atom. The highest BCUT2D eigenvalue weighted by molar-refractivity contribution is 5.44. The van der Waals surface area contributed by atoms with Crippen molar-refractivity contribution >= 4 is 5.82 Å². The Bertz CT molecular complexity index is 421. The summed E-state index contributed by atoms with van der Waals surface area (Å²) >= 11 is 0. The first-order valence-corrected chi connectivity index (χ1v) is 6.85. The van der Waals surface area contributed by atoms with Crippen LogP contribution in [0, 0.1) is 0 Å². The monoisotopic (exact) mass is 247 g/mol. The van der Waals surface area contributed by atoms with Crippen molar-refractivity contribution in [2.24, 2.45) is 5.73 Å². The summed E-state index contributed by atoms with van der Waals surface area (Å²) in [7, 11) is 0. The van der Waals surface area contributed by atoms with E-state index >= 15 is 0 Å². The minimum absolute atomic E-state index is 0.0622. The van der Waals surface area contributed by atoms with Gasteiger partial charge in [-0.15, -0.1) is 0 Å². The van der Waals surface area contributed by atoms with Crippen molar-refractivity contribution in [1.82, 2.24) is 4.98 Å². The average Bonchev–Trinajstić information content (AvgIpc) is 2.87. The molecular weight excluding hydrogens is 226 g/mol. The van der Waals surface area contributed by atoms with Crippen LogP contribution >= 0.6 is 0 Å². The predicted molar refractivity (Wildman–Crippen MR) is 71.6 cm³/mol. The molecule has 1 aliphatic carbocycles. The fourth-order valence-corrected chi connectivity index (χ4v) is 3.08. The van der Waals surface area contributed by atoms with Crippen molar-refractivity contribution in [2.75, 3.05) is 18.1 Å². The zero-order chi connectivity index (χ0) is 12.5. The Morgan fingerprint density at radius 2 is 2.39 bits per heavy atom. The van der Waals surface area contributed by atoms with Crippen molar-refractivity contribution < 1.29 is 4.74 Å². The van der Waals surface area contributed by atoms with Crippen LogP contribution in [0.2, 0.25) is 0 Å². The second-order valence-corrected chi connectivity index (χ2v) is 5.34. The summed E-state index contributed by atoms with van der Waals surface area (Å²) in [5.41, 5.74) is 7.10. The molecule has 1 aliphatic heterocycles. The molecule has 4 heteroatoms. The van der Waals surface area contributed by atoms with Gasteiger partial charge in [-0.3, -0.25) is 0 Å². The lowest BCUT2D eigenvalue weighted by atomic mass is 10.1. The van der Waals surface area contributed by atoms with Gasteiger partial charge in [-0.05, 0) is 43.9 Å². The minimum atomic E-state index is 0.0622. The third-order valence-electron chi connectivity index (χ3n) is 4.07. The summed E-state index contributed by atoms with van der Waals surface area (Å²) in [5.74, 6) is 1.06. The first-order valence-electron chi connectivity index (χ1n) is 6.85. The van der Waals surface area contributed by atoms with Crippen molar-refractivity contribution in [1.29, 1.82) is 0 Å². The largest absolute Gasteiger partial charge is 0.374 e. The van der Waals surface area contributed by atoms with Crippen LogP contribution in [-0.2, 0) is 4.74 Å². The number of morpholine rings is 1. The van der Waals surface area contributed by atoms with Gasteiger partial charge in [-0.1, -0.05) is 0 Å². The van der Waals surface area contributed by atoms with Crippen LogP contribution in [-0.4, -0.2) is 30.3 Å². The quantitative estimate of drug-likeness (QED) is 0.866. The van der Waals surface area contributed by atoms with Crippen LogP contribution in [0.5, 0.6) is 0 Å². The summed E-state index contributed by atoms with van der Waals surface area (Å²) < 4.78 is 5.84. The van der Waals surface area contributed by atoms with Crippen LogP contribution in [0.15, 0.2) is 18.3 Å². The Morgan fingerprint density at radius 1 is 1.50 bits per heavy atom. The average molecular weight is 247 g/mol. The van der Waals surface area contributed by atoms with Crippen molar-refractivity contribution in [3.63, 3.8) is 0 Å². The fourth-order valence-electron chi connectivity index (χ4n) is 3.08. The Labute approximate surface area is 108 Å². The third kappa shape index (κ3) is 2.10. The van der Waals surface area contributed by atoms with Gasteiger partial charge in [-0.2, -0.15) is 0 Å². The summed E-state index contributed by atoms with van der Waals surface area (Å²) in [6.07, 6.45) is 5.94. The molecule has 0 spiro atoms. The summed E-state index contributed by atoms with van der Waals surface area (Å²) in [4.78, 5) is 6.93. The molecule has 2 N–H and O–H groups in total. The van der Waals surface area contributed by atoms with Gasteiger partial charge in [0.05, 0.1) is 18.8 Å². The highest BCUT2D eigenvalue weighted by atomic mass is 16.5. The Balaban J connectivity index is 1.86. The molecule has 98 valence electrons. The number of rotatable bonds is 2. The molecule has 3 rings (SSSR count). The summed E-state index contributed by atoms with van der Waals surface area (Å²) in [5, 5.41) is 0. The maximum Gasteiger partial charge on any atom is 0.129 e. The van der Waals surface area contributed by atoms with Crippen molar-refractivity contribution in [3.05, 3.63) is 23.9 Å². The number of ether oxygens (including phenoxy) is 1. The Kier molecular flexibility index (Phi) is 3.22. The lowest BCUT2D eigenvalue weighted by Gasteiger charge is -2.38. The van der Waals surface area contributed by atoms with Crippen molar-refractivity contribution in [3.8, 4) is 0 Å². The number of hydrogen-bond donors (Lipinski definition) is 1. The molecule has 3 atom stereocenters. The van der Waals surface area contributed by atoms with Gasteiger partial charge in [-0.25, -0.2) is 4.98 Å². The van der Waals surface area contributed by atoms with E-state index in [-0.39, 0.29) is 6.04 Å². The summed E-state index contributed by atoms with van der Waals surface area (Å²) in [6.45, 7) is 3.76. The number of nitrogens with two attached hydrogens (primary N) is 1. The van der Waals surface area contributed by atoms with Crippen molar-refractivity contribution in [2.45, 2.75) is 44.4 Å². The lowest BCUT2D eigenvalue weighted by Crippen LogP contribution is -2.49. The molecule has 0 radical (unpaired) electrons. The summed E-state index contributed by atoms with van der Waals surface area (Å²) in [6, 6.07) is 4.70. The third-order valence-corrected chi connectivity index (χ3v) is 4.07. The maximum atomic E-state index is 5.95. The number of pyridine rings is 1. The van der Waals surface area contributed by atoms with E-state index in [2.05, 4.69) is 16.0 Å². The highest BCUT2D eigenvalue weighted by Crippen LogP contribution is 2.32. The zero-order valence-electron chi connectivity index (χ0n) is 10.9. The van der Waals surface area contributed by atoms with Gasteiger partial charge in [0.2, 0.25) is 0 Å². The molecular formula is C14H21N3O. The predicted octanol–water partition coefficient (Wildman–Crippen LogP) is 1.86. The molecule has 2 fully saturated rings. The zero-order valence-corrected chi connectivity index (χ0v) is 10.9. The van der Waals surface area contributed by atoms with E-state index in [0.717, 1.165) is 24.5 Å². The molecule has 1 saturated carbocycles. The maximum absolute atomic E-state index is 5.95.